The summed E-state index contributed by atoms with van der Waals surface area (Å²) in [5, 5.41) is 5.93. The van der Waals surface area contributed by atoms with Gasteiger partial charge < -0.3 is 10.6 Å². The monoisotopic (exact) mass is 519 g/mol. The van der Waals surface area contributed by atoms with Gasteiger partial charge >= 0.3 is 0 Å². The van der Waals surface area contributed by atoms with Gasteiger partial charge in [-0.3, -0.25) is 13.9 Å². The van der Waals surface area contributed by atoms with Crippen molar-refractivity contribution in [2.45, 2.75) is 6.42 Å². The van der Waals surface area contributed by atoms with Crippen LogP contribution in [0.25, 0.3) is 0 Å². The standard InChI is InChI=1S/C24H23Cl2N3O4S/c1-34(32,33)29(20-14-18(25)13-19(26)15-20)16-23(30)28-22-10-6-5-9-21(22)24(31)27-12-11-17-7-3-2-4-8-17/h2-10,13-15H,11-12,16H2,1H3,(H,27,31)(H,28,30). The van der Waals surface area contributed by atoms with Crippen LogP contribution < -0.4 is 14.9 Å². The second-order valence-corrected chi connectivity index (χ2v) is 10.3. The number of benzene rings is 3. The lowest BCUT2D eigenvalue weighted by Gasteiger charge is -2.22. The number of halogens is 2. The van der Waals surface area contributed by atoms with Crippen molar-refractivity contribution >= 4 is 56.4 Å². The Morgan fingerprint density at radius 1 is 0.912 bits per heavy atom. The zero-order chi connectivity index (χ0) is 24.7. The van der Waals surface area contributed by atoms with Crippen LogP contribution in [0.15, 0.2) is 72.8 Å². The number of nitrogens with zero attached hydrogens (tertiary/aromatic N) is 1. The first-order valence-corrected chi connectivity index (χ1v) is 12.9. The quantitative estimate of drug-likeness (QED) is 0.438. The van der Waals surface area contributed by atoms with Crippen LogP contribution in [0.1, 0.15) is 15.9 Å². The SMILES string of the molecule is CS(=O)(=O)N(CC(=O)Nc1ccccc1C(=O)NCCc1ccccc1)c1cc(Cl)cc(Cl)c1. The lowest BCUT2D eigenvalue weighted by molar-refractivity contribution is -0.114. The van der Waals surface area contributed by atoms with Crippen molar-refractivity contribution in [2.24, 2.45) is 0 Å². The van der Waals surface area contributed by atoms with E-state index in [0.29, 0.717) is 13.0 Å². The molecule has 2 amide bonds. The first-order chi connectivity index (χ1) is 16.1. The van der Waals surface area contributed by atoms with Crippen LogP contribution in [0.2, 0.25) is 10.0 Å². The Morgan fingerprint density at radius 3 is 2.18 bits per heavy atom. The van der Waals surface area contributed by atoms with Gasteiger partial charge in [0.25, 0.3) is 5.91 Å². The molecule has 0 atom stereocenters. The molecule has 0 aromatic heterocycles. The number of amides is 2. The molecule has 0 aliphatic heterocycles. The first kappa shape index (κ1) is 25.6. The van der Waals surface area contributed by atoms with E-state index < -0.39 is 22.5 Å². The predicted octanol–water partition coefficient (Wildman–Crippen LogP) is 4.37. The third-order valence-electron chi connectivity index (χ3n) is 4.81. The maximum atomic E-state index is 12.8. The molecule has 0 spiro atoms. The van der Waals surface area contributed by atoms with E-state index in [1.54, 1.807) is 24.3 Å². The molecule has 0 saturated heterocycles. The zero-order valence-corrected chi connectivity index (χ0v) is 20.6. The highest BCUT2D eigenvalue weighted by Gasteiger charge is 2.23. The summed E-state index contributed by atoms with van der Waals surface area (Å²) < 4.78 is 25.6. The summed E-state index contributed by atoms with van der Waals surface area (Å²) in [7, 11) is -3.83. The fourth-order valence-corrected chi connectivity index (χ4v) is 4.61. The Hall–Kier alpha value is -3.07. The molecule has 2 N–H and O–H groups in total. The number of carbonyl (C=O) groups excluding carboxylic acids is 2. The Morgan fingerprint density at radius 2 is 1.53 bits per heavy atom. The van der Waals surface area contributed by atoms with Crippen LogP contribution in [-0.4, -0.2) is 39.6 Å². The number of anilines is 2. The molecule has 0 heterocycles. The molecule has 0 fully saturated rings. The molecule has 3 aromatic rings. The number of hydrogen-bond donors (Lipinski definition) is 2. The molecular formula is C24H23Cl2N3O4S. The highest BCUT2D eigenvalue weighted by atomic mass is 35.5. The molecular weight excluding hydrogens is 497 g/mol. The summed E-state index contributed by atoms with van der Waals surface area (Å²) in [6.45, 7) is -0.109. The highest BCUT2D eigenvalue weighted by molar-refractivity contribution is 7.92. The zero-order valence-electron chi connectivity index (χ0n) is 18.3. The summed E-state index contributed by atoms with van der Waals surface area (Å²) in [4.78, 5) is 25.5. The Balaban J connectivity index is 1.71. The number of rotatable bonds is 9. The van der Waals surface area contributed by atoms with Gasteiger partial charge in [0.15, 0.2) is 0 Å². The lowest BCUT2D eigenvalue weighted by Crippen LogP contribution is -2.37. The van der Waals surface area contributed by atoms with Crippen molar-refractivity contribution in [3.05, 3.63) is 94.0 Å². The average Bonchev–Trinajstić information content (AvgIpc) is 2.77. The van der Waals surface area contributed by atoms with Crippen molar-refractivity contribution in [3.63, 3.8) is 0 Å². The maximum Gasteiger partial charge on any atom is 0.253 e. The smallest absolute Gasteiger partial charge is 0.253 e. The lowest BCUT2D eigenvalue weighted by atomic mass is 10.1. The molecule has 0 aliphatic rings. The van der Waals surface area contributed by atoms with Gasteiger partial charge in [-0.1, -0.05) is 65.7 Å². The number of carbonyl (C=O) groups is 2. The van der Waals surface area contributed by atoms with E-state index >= 15 is 0 Å². The van der Waals surface area contributed by atoms with E-state index in [1.807, 2.05) is 30.3 Å². The molecule has 10 heteroatoms. The van der Waals surface area contributed by atoms with Crippen molar-refractivity contribution < 1.29 is 18.0 Å². The van der Waals surface area contributed by atoms with Crippen LogP contribution >= 0.6 is 23.2 Å². The molecule has 178 valence electrons. The van der Waals surface area contributed by atoms with Crippen LogP contribution in [0.3, 0.4) is 0 Å². The molecule has 3 aromatic carbocycles. The topological polar surface area (TPSA) is 95.6 Å². The minimum Gasteiger partial charge on any atom is -0.352 e. The molecule has 0 unspecified atom stereocenters. The van der Waals surface area contributed by atoms with Crippen LogP contribution in [-0.2, 0) is 21.2 Å². The van der Waals surface area contributed by atoms with Crippen molar-refractivity contribution in [3.8, 4) is 0 Å². The van der Waals surface area contributed by atoms with E-state index in [9.17, 15) is 18.0 Å². The Kier molecular flexibility index (Phi) is 8.55. The van der Waals surface area contributed by atoms with Gasteiger partial charge in [-0.15, -0.1) is 0 Å². The van der Waals surface area contributed by atoms with E-state index in [4.69, 9.17) is 23.2 Å². The third-order valence-corrected chi connectivity index (χ3v) is 6.39. The molecule has 7 nitrogen and oxygen atoms in total. The molecule has 0 bridgehead atoms. The first-order valence-electron chi connectivity index (χ1n) is 10.3. The second kappa shape index (κ2) is 11.4. The van der Waals surface area contributed by atoms with Crippen molar-refractivity contribution in [2.75, 3.05) is 29.0 Å². The van der Waals surface area contributed by atoms with E-state index in [1.165, 1.54) is 18.2 Å². The summed E-state index contributed by atoms with van der Waals surface area (Å²) in [5.41, 5.74) is 1.77. The van der Waals surface area contributed by atoms with Gasteiger partial charge in [-0.05, 0) is 42.3 Å². The molecule has 34 heavy (non-hydrogen) atoms. The fourth-order valence-electron chi connectivity index (χ4n) is 3.25. The summed E-state index contributed by atoms with van der Waals surface area (Å²) in [6, 6.07) is 20.5. The Bertz CT molecular complexity index is 1260. The second-order valence-electron chi connectivity index (χ2n) is 7.48. The molecule has 0 aliphatic carbocycles. The highest BCUT2D eigenvalue weighted by Crippen LogP contribution is 2.27. The van der Waals surface area contributed by atoms with E-state index in [-0.39, 0.29) is 32.9 Å². The molecule has 0 saturated carbocycles. The van der Waals surface area contributed by atoms with E-state index in [2.05, 4.69) is 10.6 Å². The number of sulfonamides is 1. The minimum absolute atomic E-state index is 0.155. The summed E-state index contributed by atoms with van der Waals surface area (Å²) in [6.07, 6.45) is 1.63. The third kappa shape index (κ3) is 7.21. The van der Waals surface area contributed by atoms with Gasteiger partial charge in [0.2, 0.25) is 15.9 Å². The summed E-state index contributed by atoms with van der Waals surface area (Å²) in [5.74, 6) is -0.987. The average molecular weight is 520 g/mol. The number of hydrogen-bond acceptors (Lipinski definition) is 4. The maximum absolute atomic E-state index is 12.8. The van der Waals surface area contributed by atoms with Gasteiger partial charge in [-0.25, -0.2) is 8.42 Å². The fraction of sp³-hybridized carbons (Fsp3) is 0.167. The van der Waals surface area contributed by atoms with Crippen LogP contribution in [0.5, 0.6) is 0 Å². The normalized spacial score (nSPS) is 11.0. The van der Waals surface area contributed by atoms with Gasteiger partial charge in [-0.2, -0.15) is 0 Å². The van der Waals surface area contributed by atoms with Crippen molar-refractivity contribution in [1.82, 2.24) is 5.32 Å². The largest absolute Gasteiger partial charge is 0.352 e. The Labute approximate surface area is 208 Å². The summed E-state index contributed by atoms with van der Waals surface area (Å²) >= 11 is 12.0. The van der Waals surface area contributed by atoms with Crippen LogP contribution in [0.4, 0.5) is 11.4 Å². The molecule has 0 radical (unpaired) electrons. The number of nitrogens with one attached hydrogen (secondary N) is 2. The van der Waals surface area contributed by atoms with Crippen LogP contribution in [0, 0.1) is 0 Å². The van der Waals surface area contributed by atoms with Gasteiger partial charge in [0.1, 0.15) is 6.54 Å². The predicted molar refractivity (Wildman–Crippen MR) is 136 cm³/mol. The molecule has 3 rings (SSSR count). The van der Waals surface area contributed by atoms with Crippen molar-refractivity contribution in [1.29, 1.82) is 0 Å². The number of para-hydroxylation sites is 1. The van der Waals surface area contributed by atoms with E-state index in [0.717, 1.165) is 16.1 Å². The minimum atomic E-state index is -3.83. The van der Waals surface area contributed by atoms with Gasteiger partial charge in [0.05, 0.1) is 23.2 Å². The van der Waals surface area contributed by atoms with Gasteiger partial charge in [0, 0.05) is 16.6 Å².